The van der Waals surface area contributed by atoms with Crippen molar-refractivity contribution in [2.45, 2.75) is 25.7 Å². The number of benzene rings is 1. The second kappa shape index (κ2) is 8.14. The molecule has 1 N–H and O–H groups in total. The summed E-state index contributed by atoms with van der Waals surface area (Å²) < 4.78 is 0. The topological polar surface area (TPSA) is 64.6 Å². The summed E-state index contributed by atoms with van der Waals surface area (Å²) in [4.78, 5) is 27.9. The van der Waals surface area contributed by atoms with E-state index in [-0.39, 0.29) is 5.91 Å². The Morgan fingerprint density at radius 1 is 1.00 bits per heavy atom. The molecule has 3 saturated heterocycles. The molecule has 0 saturated carbocycles. The van der Waals surface area contributed by atoms with Crippen LogP contribution >= 0.6 is 0 Å². The third-order valence-electron chi connectivity index (χ3n) is 6.62. The van der Waals surface area contributed by atoms with Crippen LogP contribution in [0.5, 0.6) is 0 Å². The molecule has 0 bridgehead atoms. The maximum atomic E-state index is 11.4. The number of rotatable bonds is 4. The van der Waals surface area contributed by atoms with Crippen LogP contribution in [0.25, 0.3) is 10.9 Å². The van der Waals surface area contributed by atoms with E-state index in [4.69, 9.17) is 0 Å². The van der Waals surface area contributed by atoms with E-state index in [9.17, 15) is 4.79 Å². The van der Waals surface area contributed by atoms with Gasteiger partial charge in [0.1, 0.15) is 12.1 Å². The zero-order valence-corrected chi connectivity index (χ0v) is 17.0. The van der Waals surface area contributed by atoms with Gasteiger partial charge < -0.3 is 15.1 Å². The zero-order chi connectivity index (χ0) is 19.6. The lowest BCUT2D eigenvalue weighted by Crippen LogP contribution is -2.49. The molecule has 154 valence electrons. The summed E-state index contributed by atoms with van der Waals surface area (Å²) >= 11 is 0. The maximum Gasteiger partial charge on any atom is 0.220 e. The number of aromatic nitrogens is 2. The van der Waals surface area contributed by atoms with Gasteiger partial charge in [0.25, 0.3) is 0 Å². The second-order valence-electron chi connectivity index (χ2n) is 8.59. The minimum absolute atomic E-state index is 0.208. The highest BCUT2D eigenvalue weighted by atomic mass is 16.1. The summed E-state index contributed by atoms with van der Waals surface area (Å²) in [6.07, 6.45) is 5.90. The molecule has 3 aliphatic rings. The Balaban J connectivity index is 1.26. The van der Waals surface area contributed by atoms with Crippen LogP contribution in [0.2, 0.25) is 0 Å². The van der Waals surface area contributed by atoms with Crippen LogP contribution in [0.1, 0.15) is 25.7 Å². The van der Waals surface area contributed by atoms with Crippen LogP contribution in [0.3, 0.4) is 0 Å². The van der Waals surface area contributed by atoms with Crippen molar-refractivity contribution < 1.29 is 4.79 Å². The number of nitrogens with zero attached hydrogens (tertiary/aromatic N) is 5. The fourth-order valence-corrected chi connectivity index (χ4v) is 4.90. The normalized spacial score (nSPS) is 23.6. The molecule has 3 aliphatic heterocycles. The van der Waals surface area contributed by atoms with Gasteiger partial charge in [-0.25, -0.2) is 9.97 Å². The number of piperidine rings is 1. The van der Waals surface area contributed by atoms with E-state index >= 15 is 0 Å². The summed E-state index contributed by atoms with van der Waals surface area (Å²) in [6.45, 7) is 8.35. The minimum atomic E-state index is 0.208. The highest BCUT2D eigenvalue weighted by Gasteiger charge is 2.24. The van der Waals surface area contributed by atoms with Gasteiger partial charge in [0, 0.05) is 69.9 Å². The van der Waals surface area contributed by atoms with Crippen LogP contribution in [0.4, 0.5) is 11.5 Å². The van der Waals surface area contributed by atoms with Crippen molar-refractivity contribution in [1.29, 1.82) is 0 Å². The molecule has 0 radical (unpaired) electrons. The first-order valence-corrected chi connectivity index (χ1v) is 11.0. The average Bonchev–Trinajstić information content (AvgIpc) is 3.30. The summed E-state index contributed by atoms with van der Waals surface area (Å²) in [5, 5.41) is 4.18. The quantitative estimate of drug-likeness (QED) is 0.854. The molecule has 4 heterocycles. The van der Waals surface area contributed by atoms with Crippen LogP contribution < -0.4 is 15.1 Å². The van der Waals surface area contributed by atoms with Gasteiger partial charge in [-0.3, -0.25) is 9.69 Å². The van der Waals surface area contributed by atoms with Crippen molar-refractivity contribution in [1.82, 2.24) is 20.2 Å². The van der Waals surface area contributed by atoms with Crippen LogP contribution in [0.15, 0.2) is 24.5 Å². The van der Waals surface area contributed by atoms with Gasteiger partial charge in [-0.15, -0.1) is 0 Å². The van der Waals surface area contributed by atoms with Gasteiger partial charge >= 0.3 is 0 Å². The molecule has 1 unspecified atom stereocenters. The number of amides is 1. The highest BCUT2D eigenvalue weighted by molar-refractivity contribution is 5.92. The van der Waals surface area contributed by atoms with Gasteiger partial charge in [-0.2, -0.15) is 0 Å². The van der Waals surface area contributed by atoms with Crippen molar-refractivity contribution >= 4 is 28.3 Å². The van der Waals surface area contributed by atoms with Crippen LogP contribution in [-0.4, -0.2) is 73.1 Å². The molecule has 7 nitrogen and oxygen atoms in total. The molecule has 1 atom stereocenters. The molecule has 29 heavy (non-hydrogen) atoms. The summed E-state index contributed by atoms with van der Waals surface area (Å²) in [6, 6.07) is 6.63. The molecule has 2 aromatic rings. The smallest absolute Gasteiger partial charge is 0.220 e. The van der Waals surface area contributed by atoms with Crippen molar-refractivity contribution in [3.05, 3.63) is 24.5 Å². The van der Waals surface area contributed by atoms with Crippen molar-refractivity contribution in [3.63, 3.8) is 0 Å². The summed E-state index contributed by atoms with van der Waals surface area (Å²) in [7, 11) is 0. The number of fused-ring (bicyclic) bond motifs is 1. The first-order valence-electron chi connectivity index (χ1n) is 11.0. The fraction of sp³-hybridized carbons (Fsp3) is 0.591. The Morgan fingerprint density at radius 3 is 2.59 bits per heavy atom. The van der Waals surface area contributed by atoms with E-state index in [2.05, 4.69) is 48.2 Å². The van der Waals surface area contributed by atoms with Gasteiger partial charge in [0.15, 0.2) is 0 Å². The first-order chi connectivity index (χ1) is 14.3. The average molecular weight is 395 g/mol. The van der Waals surface area contributed by atoms with Gasteiger partial charge in [0.2, 0.25) is 5.91 Å². The lowest BCUT2D eigenvalue weighted by Gasteiger charge is -2.38. The molecule has 1 aromatic carbocycles. The predicted molar refractivity (Wildman–Crippen MR) is 115 cm³/mol. The fourth-order valence-electron chi connectivity index (χ4n) is 4.90. The van der Waals surface area contributed by atoms with E-state index in [1.807, 2.05) is 0 Å². The lowest BCUT2D eigenvalue weighted by molar-refractivity contribution is -0.123. The number of anilines is 2. The minimum Gasteiger partial charge on any atom is -0.369 e. The standard InChI is InChI=1S/C22H30N6O/c29-21-6-3-17(14-23-21)15-26-9-11-27(12-10-26)18-4-5-20-19(13-18)22(25-16-24-20)28-7-1-2-8-28/h4-5,13,16-17H,1-3,6-12,14-15H2,(H,23,29). The van der Waals surface area contributed by atoms with Gasteiger partial charge in [-0.05, 0) is 43.4 Å². The number of hydrogen-bond donors (Lipinski definition) is 1. The molecule has 1 aromatic heterocycles. The number of carbonyl (C=O) groups excluding carboxylic acids is 1. The SMILES string of the molecule is O=C1CCC(CN2CCN(c3ccc4ncnc(N5CCCC5)c4c3)CC2)CN1. The highest BCUT2D eigenvalue weighted by Crippen LogP contribution is 2.30. The number of nitrogens with one attached hydrogen (secondary N) is 1. The van der Waals surface area contributed by atoms with Crippen LogP contribution in [-0.2, 0) is 4.79 Å². The molecule has 1 amide bonds. The number of carbonyl (C=O) groups is 1. The summed E-state index contributed by atoms with van der Waals surface area (Å²) in [5.74, 6) is 1.90. The molecule has 7 heteroatoms. The van der Waals surface area contributed by atoms with Gasteiger partial charge in [0.05, 0.1) is 5.52 Å². The zero-order valence-electron chi connectivity index (χ0n) is 17.0. The molecular weight excluding hydrogens is 364 g/mol. The third kappa shape index (κ3) is 4.01. The van der Waals surface area contributed by atoms with E-state index in [1.54, 1.807) is 6.33 Å². The first kappa shape index (κ1) is 18.6. The molecular formula is C22H30N6O. The Bertz CT molecular complexity index is 863. The van der Waals surface area contributed by atoms with Crippen LogP contribution in [0, 0.1) is 5.92 Å². The third-order valence-corrected chi connectivity index (χ3v) is 6.62. The van der Waals surface area contributed by atoms with E-state index < -0.39 is 0 Å². The number of piperazine rings is 1. The van der Waals surface area contributed by atoms with Gasteiger partial charge in [-0.1, -0.05) is 0 Å². The van der Waals surface area contributed by atoms with E-state index in [0.717, 1.165) is 70.1 Å². The van der Waals surface area contributed by atoms with E-state index in [0.29, 0.717) is 12.3 Å². The van der Waals surface area contributed by atoms with E-state index in [1.165, 1.54) is 23.9 Å². The number of hydrogen-bond acceptors (Lipinski definition) is 6. The van der Waals surface area contributed by atoms with Crippen molar-refractivity contribution in [3.8, 4) is 0 Å². The predicted octanol–water partition coefficient (Wildman–Crippen LogP) is 1.88. The Morgan fingerprint density at radius 2 is 1.83 bits per heavy atom. The Kier molecular flexibility index (Phi) is 5.23. The summed E-state index contributed by atoms with van der Waals surface area (Å²) in [5.41, 5.74) is 2.31. The second-order valence-corrected chi connectivity index (χ2v) is 8.59. The molecule has 0 spiro atoms. The maximum absolute atomic E-state index is 11.4. The Hall–Kier alpha value is -2.41. The van der Waals surface area contributed by atoms with Crippen molar-refractivity contribution in [2.75, 3.05) is 62.2 Å². The molecule has 5 rings (SSSR count). The van der Waals surface area contributed by atoms with Crippen molar-refractivity contribution in [2.24, 2.45) is 5.92 Å². The Labute approximate surface area is 172 Å². The largest absolute Gasteiger partial charge is 0.369 e. The molecule has 0 aliphatic carbocycles. The lowest BCUT2D eigenvalue weighted by atomic mass is 9.98. The molecule has 3 fully saturated rings. The monoisotopic (exact) mass is 394 g/mol.